The SMILES string of the molecule is Nc1ccc(OCC(=O)NCC2CCCS2)cc1. The summed E-state index contributed by atoms with van der Waals surface area (Å²) >= 11 is 1.93. The fourth-order valence-corrected chi connectivity index (χ4v) is 3.00. The second-order valence-corrected chi connectivity index (χ2v) is 5.71. The molecule has 0 saturated carbocycles. The first-order chi connectivity index (χ1) is 8.74. The Balaban J connectivity index is 1.66. The number of hydrogen-bond donors (Lipinski definition) is 2. The molecule has 4 nitrogen and oxygen atoms in total. The van der Waals surface area contributed by atoms with Gasteiger partial charge in [-0.2, -0.15) is 11.8 Å². The number of nitrogens with two attached hydrogens (primary N) is 1. The van der Waals surface area contributed by atoms with Crippen molar-refractivity contribution in [3.8, 4) is 5.75 Å². The summed E-state index contributed by atoms with van der Waals surface area (Å²) in [6, 6.07) is 7.02. The Morgan fingerprint density at radius 3 is 2.89 bits per heavy atom. The van der Waals surface area contributed by atoms with Crippen molar-refractivity contribution in [1.29, 1.82) is 0 Å². The Kier molecular flexibility index (Phi) is 4.75. The predicted molar refractivity (Wildman–Crippen MR) is 74.8 cm³/mol. The van der Waals surface area contributed by atoms with Gasteiger partial charge in [0.2, 0.25) is 0 Å². The molecule has 5 heteroatoms. The summed E-state index contributed by atoms with van der Waals surface area (Å²) in [5.74, 6) is 1.80. The van der Waals surface area contributed by atoms with Crippen LogP contribution in [0.1, 0.15) is 12.8 Å². The van der Waals surface area contributed by atoms with Crippen LogP contribution in [0.2, 0.25) is 0 Å². The number of nitrogen functional groups attached to an aromatic ring is 1. The molecule has 0 bridgehead atoms. The normalized spacial score (nSPS) is 18.6. The molecule has 0 aromatic heterocycles. The Bertz CT molecular complexity index is 388. The van der Waals surface area contributed by atoms with Gasteiger partial charge in [0.1, 0.15) is 5.75 Å². The number of carbonyl (C=O) groups excluding carboxylic acids is 1. The first-order valence-electron chi connectivity index (χ1n) is 6.10. The molecule has 1 heterocycles. The summed E-state index contributed by atoms with van der Waals surface area (Å²) in [6.07, 6.45) is 2.46. The number of thioether (sulfide) groups is 1. The van der Waals surface area contributed by atoms with E-state index in [0.717, 1.165) is 6.54 Å². The van der Waals surface area contributed by atoms with Gasteiger partial charge in [-0.05, 0) is 42.9 Å². The van der Waals surface area contributed by atoms with Crippen LogP contribution in [-0.4, -0.2) is 30.1 Å². The molecule has 1 aromatic rings. The average molecular weight is 266 g/mol. The molecule has 1 aromatic carbocycles. The lowest BCUT2D eigenvalue weighted by atomic mass is 10.2. The maximum Gasteiger partial charge on any atom is 0.257 e. The smallest absolute Gasteiger partial charge is 0.257 e. The lowest BCUT2D eigenvalue weighted by Crippen LogP contribution is -2.33. The molecular weight excluding hydrogens is 248 g/mol. The largest absolute Gasteiger partial charge is 0.484 e. The molecule has 1 fully saturated rings. The zero-order chi connectivity index (χ0) is 12.8. The van der Waals surface area contributed by atoms with E-state index < -0.39 is 0 Å². The van der Waals surface area contributed by atoms with E-state index in [2.05, 4.69) is 5.32 Å². The summed E-state index contributed by atoms with van der Waals surface area (Å²) in [4.78, 5) is 11.6. The second-order valence-electron chi connectivity index (χ2n) is 4.30. The van der Waals surface area contributed by atoms with E-state index in [-0.39, 0.29) is 12.5 Å². The molecule has 0 radical (unpaired) electrons. The van der Waals surface area contributed by atoms with Crippen molar-refractivity contribution in [2.45, 2.75) is 18.1 Å². The van der Waals surface area contributed by atoms with Crippen LogP contribution in [0.3, 0.4) is 0 Å². The fourth-order valence-electron chi connectivity index (χ4n) is 1.80. The van der Waals surface area contributed by atoms with Crippen molar-refractivity contribution < 1.29 is 9.53 Å². The van der Waals surface area contributed by atoms with Gasteiger partial charge < -0.3 is 15.8 Å². The third kappa shape index (κ3) is 4.14. The number of anilines is 1. The van der Waals surface area contributed by atoms with Gasteiger partial charge in [-0.3, -0.25) is 4.79 Å². The average Bonchev–Trinajstić information content (AvgIpc) is 2.89. The molecule has 1 saturated heterocycles. The van der Waals surface area contributed by atoms with Crippen LogP contribution in [-0.2, 0) is 4.79 Å². The zero-order valence-corrected chi connectivity index (χ0v) is 11.0. The van der Waals surface area contributed by atoms with Crippen LogP contribution < -0.4 is 15.8 Å². The van der Waals surface area contributed by atoms with Crippen LogP contribution in [0, 0.1) is 0 Å². The topological polar surface area (TPSA) is 64.3 Å². The number of amides is 1. The van der Waals surface area contributed by atoms with Gasteiger partial charge in [0, 0.05) is 17.5 Å². The van der Waals surface area contributed by atoms with Gasteiger partial charge in [-0.25, -0.2) is 0 Å². The number of ether oxygens (including phenoxy) is 1. The summed E-state index contributed by atoms with van der Waals surface area (Å²) in [7, 11) is 0. The zero-order valence-electron chi connectivity index (χ0n) is 10.2. The number of hydrogen-bond acceptors (Lipinski definition) is 4. The minimum atomic E-state index is -0.0701. The minimum Gasteiger partial charge on any atom is -0.484 e. The lowest BCUT2D eigenvalue weighted by Gasteiger charge is -2.11. The minimum absolute atomic E-state index is 0.0568. The van der Waals surface area contributed by atoms with Crippen molar-refractivity contribution in [2.24, 2.45) is 0 Å². The van der Waals surface area contributed by atoms with Gasteiger partial charge in [0.15, 0.2) is 6.61 Å². The van der Waals surface area contributed by atoms with E-state index in [1.807, 2.05) is 11.8 Å². The molecule has 98 valence electrons. The fraction of sp³-hybridized carbons (Fsp3) is 0.462. The van der Waals surface area contributed by atoms with E-state index in [9.17, 15) is 4.79 Å². The Morgan fingerprint density at radius 1 is 1.44 bits per heavy atom. The monoisotopic (exact) mass is 266 g/mol. The summed E-state index contributed by atoms with van der Waals surface area (Å²) in [6.45, 7) is 0.801. The van der Waals surface area contributed by atoms with Crippen molar-refractivity contribution in [3.05, 3.63) is 24.3 Å². The molecule has 1 aliphatic heterocycles. The Morgan fingerprint density at radius 2 is 2.22 bits per heavy atom. The maximum absolute atomic E-state index is 11.6. The van der Waals surface area contributed by atoms with Gasteiger partial charge in [0.25, 0.3) is 5.91 Å². The predicted octanol–water partition coefficient (Wildman–Crippen LogP) is 1.66. The number of benzene rings is 1. The van der Waals surface area contributed by atoms with E-state index in [1.54, 1.807) is 24.3 Å². The van der Waals surface area contributed by atoms with Gasteiger partial charge >= 0.3 is 0 Å². The van der Waals surface area contributed by atoms with Crippen LogP contribution >= 0.6 is 11.8 Å². The highest BCUT2D eigenvalue weighted by molar-refractivity contribution is 8.00. The van der Waals surface area contributed by atoms with E-state index in [1.165, 1.54) is 18.6 Å². The van der Waals surface area contributed by atoms with Crippen LogP contribution in [0.15, 0.2) is 24.3 Å². The molecule has 1 atom stereocenters. The molecular formula is C13H18N2O2S. The van der Waals surface area contributed by atoms with Crippen LogP contribution in [0.5, 0.6) is 5.75 Å². The molecule has 0 spiro atoms. The number of carbonyl (C=O) groups is 1. The molecule has 0 aliphatic carbocycles. The summed E-state index contributed by atoms with van der Waals surface area (Å²) in [5.41, 5.74) is 6.25. The third-order valence-electron chi connectivity index (χ3n) is 2.80. The lowest BCUT2D eigenvalue weighted by molar-refractivity contribution is -0.123. The van der Waals surface area contributed by atoms with E-state index in [4.69, 9.17) is 10.5 Å². The molecule has 18 heavy (non-hydrogen) atoms. The number of rotatable bonds is 5. The van der Waals surface area contributed by atoms with E-state index >= 15 is 0 Å². The van der Waals surface area contributed by atoms with Gasteiger partial charge in [0.05, 0.1) is 0 Å². The summed E-state index contributed by atoms with van der Waals surface area (Å²) < 4.78 is 5.36. The molecule has 1 aliphatic rings. The van der Waals surface area contributed by atoms with Crippen LogP contribution in [0.4, 0.5) is 5.69 Å². The van der Waals surface area contributed by atoms with Crippen molar-refractivity contribution >= 4 is 23.4 Å². The first-order valence-corrected chi connectivity index (χ1v) is 7.15. The van der Waals surface area contributed by atoms with Crippen molar-refractivity contribution in [3.63, 3.8) is 0 Å². The van der Waals surface area contributed by atoms with Gasteiger partial charge in [-0.1, -0.05) is 0 Å². The van der Waals surface area contributed by atoms with Crippen molar-refractivity contribution in [2.75, 3.05) is 24.6 Å². The summed E-state index contributed by atoms with van der Waals surface area (Å²) in [5, 5.41) is 3.47. The molecule has 1 amide bonds. The highest BCUT2D eigenvalue weighted by Gasteiger charge is 2.16. The molecule has 2 rings (SSSR count). The molecule has 1 unspecified atom stereocenters. The standard InChI is InChI=1S/C13H18N2O2S/c14-10-3-5-11(6-4-10)17-9-13(16)15-8-12-2-1-7-18-12/h3-6,12H,1-2,7-9,14H2,(H,15,16). The van der Waals surface area contributed by atoms with Crippen molar-refractivity contribution in [1.82, 2.24) is 5.32 Å². The van der Waals surface area contributed by atoms with Gasteiger partial charge in [-0.15, -0.1) is 0 Å². The third-order valence-corrected chi connectivity index (χ3v) is 4.20. The van der Waals surface area contributed by atoms with E-state index in [0.29, 0.717) is 16.7 Å². The maximum atomic E-state index is 11.6. The Hall–Kier alpha value is -1.36. The van der Waals surface area contributed by atoms with Crippen LogP contribution in [0.25, 0.3) is 0 Å². The highest BCUT2D eigenvalue weighted by Crippen LogP contribution is 2.25. The number of nitrogens with one attached hydrogen (secondary N) is 1. The highest BCUT2D eigenvalue weighted by atomic mass is 32.2. The quantitative estimate of drug-likeness (QED) is 0.796. The molecule has 3 N–H and O–H groups in total. The second kappa shape index (κ2) is 6.54. The Labute approximate surface area is 111 Å². The first kappa shape index (κ1) is 13.1.